The van der Waals surface area contributed by atoms with Gasteiger partial charge in [-0.25, -0.2) is 4.68 Å². The first-order valence-corrected chi connectivity index (χ1v) is 7.85. The van der Waals surface area contributed by atoms with E-state index in [9.17, 15) is 4.79 Å². The van der Waals surface area contributed by atoms with Crippen LogP contribution in [-0.2, 0) is 0 Å². The smallest absolute Gasteiger partial charge is 0.259 e. The van der Waals surface area contributed by atoms with Crippen LogP contribution in [-0.4, -0.2) is 37.4 Å². The van der Waals surface area contributed by atoms with Crippen LogP contribution in [0.3, 0.4) is 0 Å². The molecule has 1 aliphatic carbocycles. The van der Waals surface area contributed by atoms with E-state index in [4.69, 9.17) is 0 Å². The van der Waals surface area contributed by atoms with Crippen LogP contribution in [0.4, 0.5) is 5.69 Å². The molecule has 0 aliphatic heterocycles. The molecule has 1 amide bonds. The fourth-order valence-corrected chi connectivity index (χ4v) is 2.55. The van der Waals surface area contributed by atoms with E-state index in [1.165, 1.54) is 12.8 Å². The first kappa shape index (κ1) is 14.5. The van der Waals surface area contributed by atoms with E-state index in [1.54, 1.807) is 52.8 Å². The van der Waals surface area contributed by atoms with E-state index in [1.807, 2.05) is 12.1 Å². The molecule has 0 N–H and O–H groups in total. The molecule has 0 radical (unpaired) electrons. The quantitative estimate of drug-likeness (QED) is 0.719. The highest BCUT2D eigenvalue weighted by atomic mass is 16.2. The molecule has 1 fully saturated rings. The Hall–Kier alpha value is -3.09. The lowest BCUT2D eigenvalue weighted by Gasteiger charge is -2.22. The molecule has 1 aliphatic rings. The summed E-state index contributed by atoms with van der Waals surface area (Å²) in [6, 6.07) is 5.52. The molecule has 0 atom stereocenters. The largest absolute Gasteiger partial charge is 0.306 e. The van der Waals surface area contributed by atoms with Gasteiger partial charge in [0.1, 0.15) is 0 Å². The summed E-state index contributed by atoms with van der Waals surface area (Å²) in [6.45, 7) is 0.706. The fourth-order valence-electron chi connectivity index (χ4n) is 2.55. The van der Waals surface area contributed by atoms with Crippen molar-refractivity contribution in [3.05, 3.63) is 60.9 Å². The van der Waals surface area contributed by atoms with Gasteiger partial charge in [-0.3, -0.25) is 14.8 Å². The Morgan fingerprint density at radius 3 is 2.83 bits per heavy atom. The highest BCUT2D eigenvalue weighted by Gasteiger charge is 2.28. The van der Waals surface area contributed by atoms with Gasteiger partial charge in [0.2, 0.25) is 0 Å². The van der Waals surface area contributed by atoms with E-state index < -0.39 is 0 Å². The van der Waals surface area contributed by atoms with Gasteiger partial charge in [-0.15, -0.1) is 5.10 Å². The minimum atomic E-state index is -0.0793. The molecule has 7 heteroatoms. The molecule has 0 unspecified atom stereocenters. The standard InChI is InChI=1S/C17H16N6O/c24-17(14-8-16(11-19-9-14)23-7-6-20-21-23)22(12-13-3-4-13)15-2-1-5-18-10-15/h1-2,5-11,13H,3-4,12H2. The second kappa shape index (κ2) is 6.19. The summed E-state index contributed by atoms with van der Waals surface area (Å²) < 4.78 is 1.58. The van der Waals surface area contributed by atoms with Crippen LogP contribution in [0.1, 0.15) is 23.2 Å². The third kappa shape index (κ3) is 3.01. The first-order valence-electron chi connectivity index (χ1n) is 7.85. The minimum Gasteiger partial charge on any atom is -0.306 e. The van der Waals surface area contributed by atoms with Crippen molar-refractivity contribution < 1.29 is 4.79 Å². The highest BCUT2D eigenvalue weighted by Crippen LogP contribution is 2.32. The van der Waals surface area contributed by atoms with Crippen molar-refractivity contribution >= 4 is 11.6 Å². The number of carbonyl (C=O) groups excluding carboxylic acids is 1. The predicted octanol–water partition coefficient (Wildman–Crippen LogP) is 2.11. The summed E-state index contributed by atoms with van der Waals surface area (Å²) in [7, 11) is 0. The molecule has 120 valence electrons. The molecule has 0 saturated heterocycles. The van der Waals surface area contributed by atoms with Gasteiger partial charge in [-0.05, 0) is 37.0 Å². The zero-order valence-electron chi connectivity index (χ0n) is 13.0. The second-order valence-electron chi connectivity index (χ2n) is 5.85. The van der Waals surface area contributed by atoms with Crippen molar-refractivity contribution in [2.45, 2.75) is 12.8 Å². The molecular weight excluding hydrogens is 304 g/mol. The lowest BCUT2D eigenvalue weighted by molar-refractivity contribution is 0.0985. The molecule has 3 heterocycles. The second-order valence-corrected chi connectivity index (χ2v) is 5.85. The van der Waals surface area contributed by atoms with Crippen molar-refractivity contribution in [3.8, 4) is 5.69 Å². The number of nitrogens with zero attached hydrogens (tertiary/aromatic N) is 6. The van der Waals surface area contributed by atoms with Gasteiger partial charge >= 0.3 is 0 Å². The van der Waals surface area contributed by atoms with Crippen LogP contribution in [0.2, 0.25) is 0 Å². The lowest BCUT2D eigenvalue weighted by Crippen LogP contribution is -2.33. The van der Waals surface area contributed by atoms with Crippen LogP contribution < -0.4 is 4.90 Å². The maximum Gasteiger partial charge on any atom is 0.259 e. The Labute approximate surface area is 139 Å². The highest BCUT2D eigenvalue weighted by molar-refractivity contribution is 6.06. The molecule has 7 nitrogen and oxygen atoms in total. The maximum absolute atomic E-state index is 13.0. The van der Waals surface area contributed by atoms with Crippen LogP contribution in [0, 0.1) is 5.92 Å². The third-order valence-electron chi connectivity index (χ3n) is 4.00. The number of hydrogen-bond donors (Lipinski definition) is 0. The summed E-state index contributed by atoms with van der Waals surface area (Å²) in [4.78, 5) is 23.1. The number of rotatable bonds is 5. The molecule has 4 rings (SSSR count). The van der Waals surface area contributed by atoms with Gasteiger partial charge in [-0.2, -0.15) is 0 Å². The van der Waals surface area contributed by atoms with E-state index >= 15 is 0 Å². The van der Waals surface area contributed by atoms with Crippen molar-refractivity contribution in [1.82, 2.24) is 25.0 Å². The van der Waals surface area contributed by atoms with Gasteiger partial charge in [0.05, 0.1) is 41.7 Å². The third-order valence-corrected chi connectivity index (χ3v) is 4.00. The predicted molar refractivity (Wildman–Crippen MR) is 87.8 cm³/mol. The summed E-state index contributed by atoms with van der Waals surface area (Å²) >= 11 is 0. The molecule has 3 aromatic heterocycles. The van der Waals surface area contributed by atoms with Gasteiger partial charge in [0.25, 0.3) is 5.91 Å². The van der Waals surface area contributed by atoms with Gasteiger partial charge in [-0.1, -0.05) is 5.21 Å². The number of aromatic nitrogens is 5. The van der Waals surface area contributed by atoms with Crippen molar-refractivity contribution in [3.63, 3.8) is 0 Å². The van der Waals surface area contributed by atoms with Crippen LogP contribution in [0.15, 0.2) is 55.4 Å². The van der Waals surface area contributed by atoms with E-state index in [-0.39, 0.29) is 5.91 Å². The topological polar surface area (TPSA) is 76.8 Å². The van der Waals surface area contributed by atoms with E-state index in [2.05, 4.69) is 20.3 Å². The summed E-state index contributed by atoms with van der Waals surface area (Å²) in [5, 5.41) is 7.73. The minimum absolute atomic E-state index is 0.0793. The Kier molecular flexibility index (Phi) is 3.74. The Morgan fingerprint density at radius 2 is 2.12 bits per heavy atom. The molecule has 1 saturated carbocycles. The Balaban J connectivity index is 1.66. The zero-order chi connectivity index (χ0) is 16.4. The average Bonchev–Trinajstić information content (AvgIpc) is 3.29. The number of pyridine rings is 2. The maximum atomic E-state index is 13.0. The number of carbonyl (C=O) groups is 1. The van der Waals surface area contributed by atoms with Crippen molar-refractivity contribution in [1.29, 1.82) is 0 Å². The first-order chi connectivity index (χ1) is 11.8. The molecule has 24 heavy (non-hydrogen) atoms. The Morgan fingerprint density at radius 1 is 1.21 bits per heavy atom. The van der Waals surface area contributed by atoms with Crippen LogP contribution >= 0.6 is 0 Å². The van der Waals surface area contributed by atoms with Gasteiger partial charge < -0.3 is 4.90 Å². The van der Waals surface area contributed by atoms with Crippen LogP contribution in [0.5, 0.6) is 0 Å². The van der Waals surface area contributed by atoms with Crippen LogP contribution in [0.25, 0.3) is 5.69 Å². The molecule has 0 spiro atoms. The number of anilines is 1. The SMILES string of the molecule is O=C(c1cncc(-n2ccnn2)c1)N(CC1CC1)c1cccnc1. The monoisotopic (exact) mass is 320 g/mol. The summed E-state index contributed by atoms with van der Waals surface area (Å²) in [6.07, 6.45) is 12.3. The zero-order valence-corrected chi connectivity index (χ0v) is 13.0. The fraction of sp³-hybridized carbons (Fsp3) is 0.235. The molecule has 3 aromatic rings. The van der Waals surface area contributed by atoms with E-state index in [0.29, 0.717) is 23.7 Å². The van der Waals surface area contributed by atoms with Gasteiger partial charge in [0, 0.05) is 18.9 Å². The van der Waals surface area contributed by atoms with Gasteiger partial charge in [0.15, 0.2) is 0 Å². The summed E-state index contributed by atoms with van der Waals surface area (Å²) in [5.74, 6) is 0.491. The van der Waals surface area contributed by atoms with Crippen molar-refractivity contribution in [2.24, 2.45) is 5.92 Å². The normalized spacial score (nSPS) is 13.7. The van der Waals surface area contributed by atoms with Crippen molar-refractivity contribution in [2.75, 3.05) is 11.4 Å². The molecule has 0 bridgehead atoms. The molecule has 0 aromatic carbocycles. The number of hydrogen-bond acceptors (Lipinski definition) is 5. The molecular formula is C17H16N6O. The average molecular weight is 320 g/mol. The Bertz CT molecular complexity index is 829. The summed E-state index contributed by atoms with van der Waals surface area (Å²) in [5.41, 5.74) is 2.03. The number of amides is 1. The van der Waals surface area contributed by atoms with E-state index in [0.717, 1.165) is 5.69 Å². The lowest BCUT2D eigenvalue weighted by atomic mass is 10.2.